The first-order chi connectivity index (χ1) is 8.74. The largest absolute Gasteiger partial charge is 0.330 e. The molecule has 102 valence electrons. The third kappa shape index (κ3) is 6.18. The van der Waals surface area contributed by atoms with Crippen LogP contribution in [0.2, 0.25) is 0 Å². The Kier molecular flexibility index (Phi) is 7.70. The number of nitrogens with two attached hydrogens (primary N) is 1. The fourth-order valence-electron chi connectivity index (χ4n) is 2.15. The number of hydrogen-bond acceptors (Lipinski definition) is 2. The Balaban J connectivity index is 2.32. The molecule has 0 aliphatic rings. The Bertz CT molecular complexity index is 295. The van der Waals surface area contributed by atoms with E-state index in [4.69, 9.17) is 5.73 Å². The van der Waals surface area contributed by atoms with E-state index in [1.165, 1.54) is 37.8 Å². The third-order valence-electron chi connectivity index (χ3n) is 3.36. The minimum atomic E-state index is 0.611. The number of hydrogen-bond donors (Lipinski definition) is 1. The molecule has 0 aromatic heterocycles. The summed E-state index contributed by atoms with van der Waals surface area (Å²) in [7, 11) is 0. The Morgan fingerprint density at radius 2 is 1.67 bits per heavy atom. The van der Waals surface area contributed by atoms with Crippen molar-refractivity contribution in [3.05, 3.63) is 35.9 Å². The molecule has 0 spiro atoms. The summed E-state index contributed by atoms with van der Waals surface area (Å²) in [4.78, 5) is 2.55. The SMILES string of the molecule is CC(C)N(CCCCCCN)Cc1ccccc1. The molecule has 0 unspecified atom stereocenters. The molecule has 0 saturated carbocycles. The van der Waals surface area contributed by atoms with E-state index in [-0.39, 0.29) is 0 Å². The minimum Gasteiger partial charge on any atom is -0.330 e. The number of nitrogens with zero attached hydrogens (tertiary/aromatic N) is 1. The van der Waals surface area contributed by atoms with Crippen molar-refractivity contribution in [2.75, 3.05) is 13.1 Å². The number of rotatable bonds is 9. The van der Waals surface area contributed by atoms with Gasteiger partial charge in [-0.25, -0.2) is 0 Å². The highest BCUT2D eigenvalue weighted by molar-refractivity contribution is 5.14. The fraction of sp³-hybridized carbons (Fsp3) is 0.625. The van der Waals surface area contributed by atoms with Gasteiger partial charge in [-0.1, -0.05) is 43.2 Å². The normalized spacial score (nSPS) is 11.4. The van der Waals surface area contributed by atoms with Gasteiger partial charge in [-0.05, 0) is 45.3 Å². The van der Waals surface area contributed by atoms with Crippen LogP contribution < -0.4 is 5.73 Å². The topological polar surface area (TPSA) is 29.3 Å². The molecule has 0 aliphatic carbocycles. The minimum absolute atomic E-state index is 0.611. The molecule has 0 saturated heterocycles. The van der Waals surface area contributed by atoms with Crippen molar-refractivity contribution in [3.63, 3.8) is 0 Å². The van der Waals surface area contributed by atoms with Crippen LogP contribution in [0.3, 0.4) is 0 Å². The van der Waals surface area contributed by atoms with E-state index in [1.807, 2.05) is 0 Å². The lowest BCUT2D eigenvalue weighted by atomic mass is 10.1. The maximum absolute atomic E-state index is 5.51. The molecule has 0 heterocycles. The van der Waals surface area contributed by atoms with E-state index in [1.54, 1.807) is 0 Å². The van der Waals surface area contributed by atoms with Crippen molar-refractivity contribution in [3.8, 4) is 0 Å². The lowest BCUT2D eigenvalue weighted by Gasteiger charge is -2.26. The summed E-state index contributed by atoms with van der Waals surface area (Å²) < 4.78 is 0. The highest BCUT2D eigenvalue weighted by Crippen LogP contribution is 2.10. The van der Waals surface area contributed by atoms with Gasteiger partial charge in [0.1, 0.15) is 0 Å². The predicted molar refractivity (Wildman–Crippen MR) is 79.5 cm³/mol. The molecule has 0 atom stereocenters. The summed E-state index contributed by atoms with van der Waals surface area (Å²) in [5, 5.41) is 0. The van der Waals surface area contributed by atoms with Crippen molar-refractivity contribution >= 4 is 0 Å². The standard InChI is InChI=1S/C16H28N2/c1-15(2)18(13-9-4-3-8-12-17)14-16-10-6-5-7-11-16/h5-7,10-11,15H,3-4,8-9,12-14,17H2,1-2H3. The fourth-order valence-corrected chi connectivity index (χ4v) is 2.15. The van der Waals surface area contributed by atoms with Gasteiger partial charge in [0.25, 0.3) is 0 Å². The first-order valence-corrected chi connectivity index (χ1v) is 7.22. The van der Waals surface area contributed by atoms with Crippen molar-refractivity contribution in [1.29, 1.82) is 0 Å². The van der Waals surface area contributed by atoms with Crippen molar-refractivity contribution < 1.29 is 0 Å². The zero-order valence-electron chi connectivity index (χ0n) is 11.9. The van der Waals surface area contributed by atoms with Gasteiger partial charge in [0.15, 0.2) is 0 Å². The Morgan fingerprint density at radius 1 is 1.00 bits per heavy atom. The van der Waals surface area contributed by atoms with E-state index in [0.717, 1.165) is 13.1 Å². The van der Waals surface area contributed by atoms with Crippen LogP contribution in [0.4, 0.5) is 0 Å². The molecule has 2 nitrogen and oxygen atoms in total. The Labute approximate surface area is 112 Å². The smallest absolute Gasteiger partial charge is 0.0236 e. The summed E-state index contributed by atoms with van der Waals surface area (Å²) in [6.07, 6.45) is 5.02. The predicted octanol–water partition coefficient (Wildman–Crippen LogP) is 3.42. The number of unbranched alkanes of at least 4 members (excludes halogenated alkanes) is 3. The van der Waals surface area contributed by atoms with Crippen LogP contribution in [0.15, 0.2) is 30.3 Å². The molecule has 0 radical (unpaired) electrons. The van der Waals surface area contributed by atoms with Gasteiger partial charge in [-0.3, -0.25) is 4.90 Å². The molecule has 1 rings (SSSR count). The van der Waals surface area contributed by atoms with Crippen molar-refractivity contribution in [2.24, 2.45) is 5.73 Å². The summed E-state index contributed by atoms with van der Waals surface area (Å²) in [6.45, 7) is 7.65. The van der Waals surface area contributed by atoms with Crippen molar-refractivity contribution in [1.82, 2.24) is 4.90 Å². The molecule has 0 bridgehead atoms. The third-order valence-corrected chi connectivity index (χ3v) is 3.36. The second-order valence-electron chi connectivity index (χ2n) is 5.25. The molecule has 1 aromatic rings. The molecular formula is C16H28N2. The molecule has 2 N–H and O–H groups in total. The van der Waals surface area contributed by atoms with Gasteiger partial charge in [0.2, 0.25) is 0 Å². The van der Waals surface area contributed by atoms with Crippen LogP contribution in [-0.4, -0.2) is 24.0 Å². The Morgan fingerprint density at radius 3 is 2.28 bits per heavy atom. The van der Waals surface area contributed by atoms with Gasteiger partial charge >= 0.3 is 0 Å². The lowest BCUT2D eigenvalue weighted by molar-refractivity contribution is 0.208. The molecule has 0 aliphatic heterocycles. The second-order valence-corrected chi connectivity index (χ2v) is 5.25. The second kappa shape index (κ2) is 9.12. The maximum atomic E-state index is 5.51. The monoisotopic (exact) mass is 248 g/mol. The van der Waals surface area contributed by atoms with Gasteiger partial charge in [-0.15, -0.1) is 0 Å². The van der Waals surface area contributed by atoms with Crippen molar-refractivity contribution in [2.45, 2.75) is 52.1 Å². The molecule has 2 heteroatoms. The van der Waals surface area contributed by atoms with Crippen LogP contribution in [-0.2, 0) is 6.54 Å². The first kappa shape index (κ1) is 15.2. The summed E-state index contributed by atoms with van der Waals surface area (Å²) >= 11 is 0. The van der Waals surface area contributed by atoms with Crippen LogP contribution in [0.5, 0.6) is 0 Å². The van der Waals surface area contributed by atoms with Gasteiger partial charge in [0, 0.05) is 12.6 Å². The summed E-state index contributed by atoms with van der Waals surface area (Å²) in [5.74, 6) is 0. The van der Waals surface area contributed by atoms with Gasteiger partial charge in [-0.2, -0.15) is 0 Å². The molecule has 1 aromatic carbocycles. The van der Waals surface area contributed by atoms with Crippen LogP contribution >= 0.6 is 0 Å². The quantitative estimate of drug-likeness (QED) is 0.679. The zero-order chi connectivity index (χ0) is 13.2. The molecule has 0 amide bonds. The van der Waals surface area contributed by atoms with Crippen LogP contribution in [0.25, 0.3) is 0 Å². The summed E-state index contributed by atoms with van der Waals surface area (Å²) in [6, 6.07) is 11.4. The van der Waals surface area contributed by atoms with E-state index in [0.29, 0.717) is 6.04 Å². The average molecular weight is 248 g/mol. The van der Waals surface area contributed by atoms with Crippen LogP contribution in [0, 0.1) is 0 Å². The number of benzene rings is 1. The lowest BCUT2D eigenvalue weighted by Crippen LogP contribution is -2.31. The molecule has 0 fully saturated rings. The van der Waals surface area contributed by atoms with E-state index in [9.17, 15) is 0 Å². The highest BCUT2D eigenvalue weighted by atomic mass is 15.1. The molecular weight excluding hydrogens is 220 g/mol. The van der Waals surface area contributed by atoms with E-state index >= 15 is 0 Å². The summed E-state index contributed by atoms with van der Waals surface area (Å²) in [5.41, 5.74) is 6.92. The first-order valence-electron chi connectivity index (χ1n) is 7.22. The maximum Gasteiger partial charge on any atom is 0.0236 e. The van der Waals surface area contributed by atoms with Gasteiger partial charge in [0.05, 0.1) is 0 Å². The zero-order valence-corrected chi connectivity index (χ0v) is 11.9. The van der Waals surface area contributed by atoms with E-state index < -0.39 is 0 Å². The molecule has 18 heavy (non-hydrogen) atoms. The Hall–Kier alpha value is -0.860. The highest BCUT2D eigenvalue weighted by Gasteiger charge is 2.09. The average Bonchev–Trinajstić information content (AvgIpc) is 2.38. The van der Waals surface area contributed by atoms with Crippen LogP contribution in [0.1, 0.15) is 45.1 Å². The van der Waals surface area contributed by atoms with E-state index in [2.05, 4.69) is 49.1 Å². The van der Waals surface area contributed by atoms with Gasteiger partial charge < -0.3 is 5.73 Å².